The molecule has 1 aromatic carbocycles. The first kappa shape index (κ1) is 29.2. The smallest absolute Gasteiger partial charge is 0.243 e. The number of methoxy groups -OCH3 is 2. The predicted octanol–water partition coefficient (Wildman–Crippen LogP) is 5.00. The molecule has 2 aliphatic rings. The zero-order chi connectivity index (χ0) is 22.3. The van der Waals surface area contributed by atoms with Crippen molar-refractivity contribution in [1.29, 1.82) is 0 Å². The van der Waals surface area contributed by atoms with Crippen LogP contribution in [0, 0.1) is 5.92 Å². The number of amides is 1. The Labute approximate surface area is 201 Å². The van der Waals surface area contributed by atoms with E-state index in [2.05, 4.69) is 5.32 Å². The van der Waals surface area contributed by atoms with E-state index in [4.69, 9.17) is 9.47 Å². The van der Waals surface area contributed by atoms with Gasteiger partial charge in [0, 0.05) is 31.1 Å². The van der Waals surface area contributed by atoms with Gasteiger partial charge >= 0.3 is 0 Å². The summed E-state index contributed by atoms with van der Waals surface area (Å²) in [4.78, 5) is 13.0. The van der Waals surface area contributed by atoms with Gasteiger partial charge in [-0.05, 0) is 37.8 Å². The Morgan fingerprint density at radius 2 is 1.55 bits per heavy atom. The van der Waals surface area contributed by atoms with Gasteiger partial charge in [0.1, 0.15) is 0 Å². The number of nitrogens with zero attached hydrogens (tertiary/aromatic N) is 1. The Bertz CT molecular complexity index is 835. The van der Waals surface area contributed by atoms with E-state index in [0.717, 1.165) is 44.9 Å². The third kappa shape index (κ3) is 7.34. The Morgan fingerprint density at radius 1 is 0.939 bits per heavy atom. The minimum absolute atomic E-state index is 0. The van der Waals surface area contributed by atoms with Gasteiger partial charge in [0.05, 0.1) is 19.1 Å². The first-order valence-electron chi connectivity index (χ1n) is 11.5. The monoisotopic (exact) mass is 484 g/mol. The van der Waals surface area contributed by atoms with Crippen molar-refractivity contribution < 1.29 is 22.7 Å². The van der Waals surface area contributed by atoms with Crippen molar-refractivity contribution in [3.63, 3.8) is 0 Å². The quantitative estimate of drug-likeness (QED) is 0.589. The summed E-state index contributed by atoms with van der Waals surface area (Å²) in [6.07, 6.45) is 10.3. The maximum absolute atomic E-state index is 13.4. The van der Waals surface area contributed by atoms with Crippen molar-refractivity contribution in [3.8, 4) is 11.5 Å². The molecule has 1 N–H and O–H groups in total. The number of piperidine rings is 1. The molecule has 0 radical (unpaired) electrons. The molecule has 8 heteroatoms. The van der Waals surface area contributed by atoms with Gasteiger partial charge in [-0.15, -0.1) is 0 Å². The van der Waals surface area contributed by atoms with Crippen LogP contribution in [0.3, 0.4) is 0 Å². The topological polar surface area (TPSA) is 84.9 Å². The number of ether oxygens (including phenoxy) is 2. The second-order valence-electron chi connectivity index (χ2n) is 8.57. The zero-order valence-corrected chi connectivity index (χ0v) is 19.6. The van der Waals surface area contributed by atoms with Gasteiger partial charge in [-0.3, -0.25) is 4.79 Å². The summed E-state index contributed by atoms with van der Waals surface area (Å²) in [5.41, 5.74) is 0. The molecule has 1 amide bonds. The molecule has 1 aromatic rings. The average Bonchev–Trinajstić information content (AvgIpc) is 2.76. The lowest BCUT2D eigenvalue weighted by Crippen LogP contribution is -2.50. The maximum Gasteiger partial charge on any atom is 0.243 e. The molecule has 2 fully saturated rings. The summed E-state index contributed by atoms with van der Waals surface area (Å²) in [6, 6.07) is 4.44. The molecule has 1 saturated carbocycles. The summed E-state index contributed by atoms with van der Waals surface area (Å²) in [5.74, 6) is 1.01. The Hall–Kier alpha value is -1.80. The van der Waals surface area contributed by atoms with Crippen molar-refractivity contribution in [2.45, 2.75) is 90.0 Å². The van der Waals surface area contributed by atoms with Crippen LogP contribution in [-0.4, -0.2) is 52.0 Å². The largest absolute Gasteiger partial charge is 0.493 e. The van der Waals surface area contributed by atoms with E-state index in [1.807, 2.05) is 0 Å². The molecular formula is C25H44N2O5S. The highest BCUT2D eigenvalue weighted by Crippen LogP contribution is 2.32. The van der Waals surface area contributed by atoms with Gasteiger partial charge < -0.3 is 14.8 Å². The minimum atomic E-state index is -3.71. The van der Waals surface area contributed by atoms with Crippen molar-refractivity contribution >= 4 is 15.9 Å². The summed E-state index contributed by atoms with van der Waals surface area (Å²) in [7, 11) is -0.697. The highest BCUT2D eigenvalue weighted by atomic mass is 32.2. The third-order valence-corrected chi connectivity index (χ3v) is 8.47. The van der Waals surface area contributed by atoms with Crippen LogP contribution in [0.15, 0.2) is 23.1 Å². The molecule has 190 valence electrons. The van der Waals surface area contributed by atoms with Crippen LogP contribution in [-0.2, 0) is 14.8 Å². The summed E-state index contributed by atoms with van der Waals surface area (Å²) in [6.45, 7) is 0.822. The van der Waals surface area contributed by atoms with E-state index in [0.29, 0.717) is 24.6 Å². The van der Waals surface area contributed by atoms with Crippen LogP contribution in [0.4, 0.5) is 0 Å². The molecular weight excluding hydrogens is 440 g/mol. The average molecular weight is 485 g/mol. The summed E-state index contributed by atoms with van der Waals surface area (Å²) in [5, 5.41) is 3.07. The van der Waals surface area contributed by atoms with Crippen LogP contribution in [0.2, 0.25) is 0 Å². The number of rotatable bonds is 7. The van der Waals surface area contributed by atoms with Crippen molar-refractivity contribution in [3.05, 3.63) is 18.2 Å². The number of nitrogens with one attached hydrogen (secondary N) is 1. The normalized spacial score (nSPS) is 20.4. The van der Waals surface area contributed by atoms with Crippen LogP contribution >= 0.6 is 0 Å². The van der Waals surface area contributed by atoms with Crippen LogP contribution in [0.1, 0.15) is 79.1 Å². The zero-order valence-electron chi connectivity index (χ0n) is 18.8. The standard InChI is InChI=1S/C23H36N2O5S.2CH4/c1-29-21-14-13-20(16-22(21)30-2)31(27,28)25-15-9-8-12-19(25)17-24-23(26)18-10-6-4-3-5-7-11-18;;/h13-14,16,18-19H,3-12,15,17H2,1-2H3,(H,24,26);2*1H4. The van der Waals surface area contributed by atoms with Gasteiger partial charge in [0.2, 0.25) is 15.9 Å². The Balaban J connectivity index is 0.00000272. The maximum atomic E-state index is 13.4. The molecule has 0 bridgehead atoms. The molecule has 1 heterocycles. The van der Waals surface area contributed by atoms with Crippen LogP contribution in [0.25, 0.3) is 0 Å². The second-order valence-corrected chi connectivity index (χ2v) is 10.5. The van der Waals surface area contributed by atoms with E-state index < -0.39 is 10.0 Å². The lowest BCUT2D eigenvalue weighted by molar-refractivity contribution is -0.125. The second kappa shape index (κ2) is 13.8. The molecule has 1 unspecified atom stereocenters. The fraction of sp³-hybridized carbons (Fsp3) is 0.720. The highest BCUT2D eigenvalue weighted by Gasteiger charge is 2.34. The number of hydrogen-bond donors (Lipinski definition) is 1. The molecule has 33 heavy (non-hydrogen) atoms. The number of carbonyl (C=O) groups excluding carboxylic acids is 1. The van der Waals surface area contributed by atoms with Crippen LogP contribution < -0.4 is 14.8 Å². The first-order chi connectivity index (χ1) is 15.0. The molecule has 0 spiro atoms. The molecule has 3 rings (SSSR count). The van der Waals surface area contributed by atoms with Gasteiger partial charge in [-0.25, -0.2) is 8.42 Å². The lowest BCUT2D eigenvalue weighted by atomic mass is 9.90. The fourth-order valence-electron chi connectivity index (χ4n) is 4.69. The molecule has 1 atom stereocenters. The van der Waals surface area contributed by atoms with E-state index in [-0.39, 0.29) is 37.6 Å². The third-order valence-electron chi connectivity index (χ3n) is 6.52. The summed E-state index contributed by atoms with van der Waals surface area (Å²) >= 11 is 0. The van der Waals surface area contributed by atoms with Crippen LogP contribution in [0.5, 0.6) is 11.5 Å². The molecule has 1 saturated heterocycles. The number of benzene rings is 1. The van der Waals surface area contributed by atoms with Crippen molar-refractivity contribution in [2.75, 3.05) is 27.3 Å². The van der Waals surface area contributed by atoms with E-state index in [1.165, 1.54) is 39.5 Å². The predicted molar refractivity (Wildman–Crippen MR) is 133 cm³/mol. The van der Waals surface area contributed by atoms with Gasteiger partial charge in [-0.1, -0.05) is 53.4 Å². The Morgan fingerprint density at radius 3 is 2.18 bits per heavy atom. The highest BCUT2D eigenvalue weighted by molar-refractivity contribution is 7.89. The SMILES string of the molecule is C.C.COc1ccc(S(=O)(=O)N2CCCCC2CNC(=O)C2CCCCCCC2)cc1OC. The van der Waals surface area contributed by atoms with Crippen molar-refractivity contribution in [2.24, 2.45) is 5.92 Å². The summed E-state index contributed by atoms with van der Waals surface area (Å²) < 4.78 is 38.9. The Kier molecular flexibility index (Phi) is 12.2. The van der Waals surface area contributed by atoms with Gasteiger partial charge in [0.15, 0.2) is 11.5 Å². The number of carbonyl (C=O) groups is 1. The fourth-order valence-corrected chi connectivity index (χ4v) is 6.40. The molecule has 7 nitrogen and oxygen atoms in total. The van der Waals surface area contributed by atoms with Crippen molar-refractivity contribution in [1.82, 2.24) is 9.62 Å². The number of sulfonamides is 1. The van der Waals surface area contributed by atoms with E-state index in [9.17, 15) is 13.2 Å². The van der Waals surface area contributed by atoms with Gasteiger partial charge in [-0.2, -0.15) is 4.31 Å². The minimum Gasteiger partial charge on any atom is -0.493 e. The molecule has 1 aliphatic carbocycles. The first-order valence-corrected chi connectivity index (χ1v) is 12.9. The lowest BCUT2D eigenvalue weighted by Gasteiger charge is -2.35. The van der Waals surface area contributed by atoms with E-state index >= 15 is 0 Å². The molecule has 0 aromatic heterocycles. The number of hydrogen-bond acceptors (Lipinski definition) is 5. The van der Waals surface area contributed by atoms with Gasteiger partial charge in [0.25, 0.3) is 0 Å². The molecule has 1 aliphatic heterocycles. The van der Waals surface area contributed by atoms with E-state index in [1.54, 1.807) is 16.4 Å².